The van der Waals surface area contributed by atoms with E-state index in [1.54, 1.807) is 20.8 Å². The minimum atomic E-state index is -3.04. The summed E-state index contributed by atoms with van der Waals surface area (Å²) in [7, 11) is -3.04. The summed E-state index contributed by atoms with van der Waals surface area (Å²) in [6.07, 6.45) is 2.31. The van der Waals surface area contributed by atoms with Crippen LogP contribution in [0.1, 0.15) is 54.4 Å². The molecule has 0 aliphatic carbocycles. The van der Waals surface area contributed by atoms with E-state index in [0.29, 0.717) is 12.6 Å². The number of rotatable bonds is 5. The highest BCUT2D eigenvalue weighted by Gasteiger charge is 2.36. The molecule has 4 nitrogen and oxygen atoms in total. The van der Waals surface area contributed by atoms with Crippen molar-refractivity contribution < 1.29 is 8.42 Å². The molecule has 1 saturated heterocycles. The maximum atomic E-state index is 12.3. The average molecular weight is 305 g/mol. The van der Waals surface area contributed by atoms with Crippen molar-refractivity contribution in [1.29, 1.82) is 0 Å². The average Bonchev–Trinajstić information content (AvgIpc) is 2.28. The van der Waals surface area contributed by atoms with E-state index in [2.05, 4.69) is 31.0 Å². The Labute approximate surface area is 125 Å². The summed E-state index contributed by atoms with van der Waals surface area (Å²) in [6.45, 7) is 14.4. The van der Waals surface area contributed by atoms with Gasteiger partial charge in [0.05, 0.1) is 10.5 Å². The van der Waals surface area contributed by atoms with Gasteiger partial charge >= 0.3 is 0 Å². The molecule has 0 aromatic heterocycles. The van der Waals surface area contributed by atoms with E-state index in [0.717, 1.165) is 25.9 Å². The molecular weight excluding hydrogens is 272 g/mol. The zero-order chi connectivity index (χ0) is 15.6. The van der Waals surface area contributed by atoms with Gasteiger partial charge in [-0.05, 0) is 41.0 Å². The van der Waals surface area contributed by atoms with Gasteiger partial charge in [-0.3, -0.25) is 4.90 Å². The smallest absolute Gasteiger partial charge is 0.156 e. The van der Waals surface area contributed by atoms with Crippen molar-refractivity contribution in [2.75, 3.05) is 25.4 Å². The summed E-state index contributed by atoms with van der Waals surface area (Å²) < 4.78 is 23.9. The molecule has 0 aromatic rings. The largest absolute Gasteiger partial charge is 0.311 e. The molecule has 0 amide bonds. The van der Waals surface area contributed by atoms with Gasteiger partial charge in [-0.15, -0.1) is 0 Å². The Morgan fingerprint density at radius 2 is 1.90 bits per heavy atom. The number of piperazine rings is 1. The van der Waals surface area contributed by atoms with Crippen molar-refractivity contribution in [3.63, 3.8) is 0 Å². The third-order valence-electron chi connectivity index (χ3n) is 4.32. The summed E-state index contributed by atoms with van der Waals surface area (Å²) in [4.78, 5) is 2.34. The third kappa shape index (κ3) is 4.43. The first-order chi connectivity index (χ1) is 8.99. The highest BCUT2D eigenvalue weighted by molar-refractivity contribution is 7.92. The summed E-state index contributed by atoms with van der Waals surface area (Å²) in [5.41, 5.74) is 0.0254. The fraction of sp³-hybridized carbons (Fsp3) is 1.00. The van der Waals surface area contributed by atoms with E-state index in [9.17, 15) is 8.42 Å². The number of hydrogen-bond acceptors (Lipinski definition) is 4. The van der Waals surface area contributed by atoms with Crippen LogP contribution >= 0.6 is 0 Å². The van der Waals surface area contributed by atoms with Crippen molar-refractivity contribution in [2.24, 2.45) is 0 Å². The maximum absolute atomic E-state index is 12.3. The summed E-state index contributed by atoms with van der Waals surface area (Å²) in [5.74, 6) is 0.249. The van der Waals surface area contributed by atoms with Crippen molar-refractivity contribution in [1.82, 2.24) is 10.2 Å². The quantitative estimate of drug-likeness (QED) is 0.844. The number of hydrogen-bond donors (Lipinski definition) is 1. The number of nitrogens with one attached hydrogen (secondary N) is 1. The zero-order valence-corrected chi connectivity index (χ0v) is 14.8. The molecule has 20 heavy (non-hydrogen) atoms. The lowest BCUT2D eigenvalue weighted by molar-refractivity contribution is 0.0701. The topological polar surface area (TPSA) is 49.4 Å². The molecule has 1 fully saturated rings. The van der Waals surface area contributed by atoms with Gasteiger partial charge in [0.25, 0.3) is 0 Å². The maximum Gasteiger partial charge on any atom is 0.156 e. The first-order valence-electron chi connectivity index (χ1n) is 7.70. The summed E-state index contributed by atoms with van der Waals surface area (Å²) in [6, 6.07) is 0.491. The van der Waals surface area contributed by atoms with Gasteiger partial charge in [0.1, 0.15) is 0 Å². The van der Waals surface area contributed by atoms with Gasteiger partial charge in [0, 0.05) is 31.2 Å². The zero-order valence-electron chi connectivity index (χ0n) is 14.0. The van der Waals surface area contributed by atoms with Crippen molar-refractivity contribution in [2.45, 2.75) is 70.7 Å². The van der Waals surface area contributed by atoms with Gasteiger partial charge < -0.3 is 5.32 Å². The predicted molar refractivity (Wildman–Crippen MR) is 85.9 cm³/mol. The Bertz CT molecular complexity index is 410. The first kappa shape index (κ1) is 17.9. The number of nitrogens with zero attached hydrogens (tertiary/aromatic N) is 1. The fourth-order valence-electron chi connectivity index (χ4n) is 2.56. The predicted octanol–water partition coefficient (Wildman–Crippen LogP) is 2.05. The molecule has 120 valence electrons. The lowest BCUT2D eigenvalue weighted by Gasteiger charge is -2.46. The Morgan fingerprint density at radius 1 is 1.30 bits per heavy atom. The second kappa shape index (κ2) is 6.32. The van der Waals surface area contributed by atoms with E-state index in [1.165, 1.54) is 0 Å². The van der Waals surface area contributed by atoms with Crippen LogP contribution in [0, 0.1) is 0 Å². The molecule has 1 aliphatic heterocycles. The first-order valence-corrected chi connectivity index (χ1v) is 9.35. The van der Waals surface area contributed by atoms with Gasteiger partial charge in [-0.2, -0.15) is 0 Å². The second-order valence-corrected chi connectivity index (χ2v) is 10.4. The monoisotopic (exact) mass is 304 g/mol. The molecule has 1 heterocycles. The molecule has 0 bridgehead atoms. The van der Waals surface area contributed by atoms with Crippen LogP contribution in [-0.4, -0.2) is 55.0 Å². The van der Waals surface area contributed by atoms with Crippen LogP contribution in [0.2, 0.25) is 0 Å². The van der Waals surface area contributed by atoms with Gasteiger partial charge in [0.15, 0.2) is 9.84 Å². The van der Waals surface area contributed by atoms with Crippen molar-refractivity contribution in [3.8, 4) is 0 Å². The molecular formula is C15H32N2O2S. The highest BCUT2D eigenvalue weighted by Crippen LogP contribution is 2.22. The Morgan fingerprint density at radius 3 is 2.40 bits per heavy atom. The van der Waals surface area contributed by atoms with E-state index in [4.69, 9.17) is 0 Å². The molecule has 0 aromatic carbocycles. The third-order valence-corrected chi connectivity index (χ3v) is 6.91. The molecule has 1 N–H and O–H groups in total. The molecule has 1 rings (SSSR count). The van der Waals surface area contributed by atoms with E-state index >= 15 is 0 Å². The Kier molecular flexibility index (Phi) is 5.67. The van der Waals surface area contributed by atoms with Crippen molar-refractivity contribution in [3.05, 3.63) is 0 Å². The van der Waals surface area contributed by atoms with Crippen LogP contribution in [0.4, 0.5) is 0 Å². The minimum Gasteiger partial charge on any atom is -0.311 e. The highest BCUT2D eigenvalue weighted by atomic mass is 32.2. The van der Waals surface area contributed by atoms with Gasteiger partial charge in [0.2, 0.25) is 0 Å². The van der Waals surface area contributed by atoms with Crippen molar-refractivity contribution >= 4 is 9.84 Å². The Balaban J connectivity index is 2.68. The fourth-order valence-corrected chi connectivity index (χ4v) is 3.63. The summed E-state index contributed by atoms with van der Waals surface area (Å²) in [5, 5.41) is 3.58. The molecule has 5 heteroatoms. The normalized spacial score (nSPS) is 24.8. The summed E-state index contributed by atoms with van der Waals surface area (Å²) >= 11 is 0. The number of sulfone groups is 1. The lowest BCUT2D eigenvalue weighted by Crippen LogP contribution is -2.62. The van der Waals surface area contributed by atoms with Crippen LogP contribution in [0.25, 0.3) is 0 Å². The van der Waals surface area contributed by atoms with E-state index < -0.39 is 14.6 Å². The van der Waals surface area contributed by atoms with E-state index in [1.807, 2.05) is 0 Å². The van der Waals surface area contributed by atoms with Crippen LogP contribution in [0.15, 0.2) is 0 Å². The standard InChI is InChI=1S/C15H32N2O2S/c1-7-8-13-11-17(15(5,6)12-16-13)9-10-20(18,19)14(2,3)4/h13,16H,7-12H2,1-6H3. The minimum absolute atomic E-state index is 0.0254. The second-order valence-electron chi connectivity index (χ2n) is 7.56. The van der Waals surface area contributed by atoms with Crippen LogP contribution in [0.3, 0.4) is 0 Å². The van der Waals surface area contributed by atoms with Crippen LogP contribution in [-0.2, 0) is 9.84 Å². The molecule has 1 unspecified atom stereocenters. The SMILES string of the molecule is CCCC1CN(CCS(=O)(=O)C(C)(C)C)C(C)(C)CN1. The molecule has 1 atom stereocenters. The lowest BCUT2D eigenvalue weighted by atomic mass is 9.96. The Hall–Kier alpha value is -0.130. The molecule has 1 aliphatic rings. The van der Waals surface area contributed by atoms with Gasteiger partial charge in [-0.1, -0.05) is 13.3 Å². The molecule has 0 saturated carbocycles. The molecule has 0 radical (unpaired) electrons. The van der Waals surface area contributed by atoms with Crippen LogP contribution in [0.5, 0.6) is 0 Å². The van der Waals surface area contributed by atoms with E-state index in [-0.39, 0.29) is 11.3 Å². The molecule has 0 spiro atoms. The van der Waals surface area contributed by atoms with Crippen LogP contribution < -0.4 is 5.32 Å². The van der Waals surface area contributed by atoms with Gasteiger partial charge in [-0.25, -0.2) is 8.42 Å².